The average Bonchev–Trinajstić information content (AvgIpc) is 2.75. The summed E-state index contributed by atoms with van der Waals surface area (Å²) >= 11 is 0. The molecule has 0 aliphatic carbocycles. The smallest absolute Gasteiger partial charge is 0.347 e. The molecule has 0 aliphatic rings. The summed E-state index contributed by atoms with van der Waals surface area (Å²) in [5.41, 5.74) is 3.47. The first kappa shape index (κ1) is 17.9. The van der Waals surface area contributed by atoms with E-state index in [0.717, 1.165) is 35.3 Å². The van der Waals surface area contributed by atoms with E-state index in [9.17, 15) is 4.79 Å². The first-order chi connectivity index (χ1) is 13.7. The number of aromatic nitrogens is 2. The van der Waals surface area contributed by atoms with Crippen molar-refractivity contribution in [3.05, 3.63) is 77.4 Å². The standard InChI is InChI=1S/C23H21N3O2/c1-3-26(4-2)19-11-10-17-12-20(23(27)28-21(17)13-19)22-24-14-18(15-25-22)16-8-6-5-7-9-16/h5-15H,3-4H2,1-2H3. The van der Waals surface area contributed by atoms with E-state index < -0.39 is 5.63 Å². The van der Waals surface area contributed by atoms with Gasteiger partial charge in [-0.2, -0.15) is 0 Å². The van der Waals surface area contributed by atoms with Gasteiger partial charge in [0.1, 0.15) is 11.1 Å². The second-order valence-corrected chi connectivity index (χ2v) is 6.50. The molecule has 5 nitrogen and oxygen atoms in total. The number of nitrogens with zero attached hydrogens (tertiary/aromatic N) is 3. The molecule has 0 spiro atoms. The van der Waals surface area contributed by atoms with Crippen molar-refractivity contribution in [1.82, 2.24) is 9.97 Å². The molecular formula is C23H21N3O2. The Morgan fingerprint density at radius 3 is 2.29 bits per heavy atom. The van der Waals surface area contributed by atoms with Gasteiger partial charge in [0.15, 0.2) is 5.82 Å². The van der Waals surface area contributed by atoms with Gasteiger partial charge in [-0.25, -0.2) is 14.8 Å². The molecule has 0 radical (unpaired) electrons. The third-order valence-electron chi connectivity index (χ3n) is 4.85. The van der Waals surface area contributed by atoms with Gasteiger partial charge in [0.2, 0.25) is 0 Å². The third-order valence-corrected chi connectivity index (χ3v) is 4.85. The molecule has 5 heteroatoms. The van der Waals surface area contributed by atoms with Crippen LogP contribution < -0.4 is 10.5 Å². The maximum atomic E-state index is 12.5. The normalized spacial score (nSPS) is 10.9. The van der Waals surface area contributed by atoms with Crippen molar-refractivity contribution in [3.63, 3.8) is 0 Å². The van der Waals surface area contributed by atoms with Crippen LogP contribution in [0, 0.1) is 0 Å². The Hall–Kier alpha value is -3.47. The first-order valence-corrected chi connectivity index (χ1v) is 9.40. The van der Waals surface area contributed by atoms with Crippen molar-refractivity contribution in [2.45, 2.75) is 13.8 Å². The lowest BCUT2D eigenvalue weighted by Gasteiger charge is -2.20. The van der Waals surface area contributed by atoms with Gasteiger partial charge < -0.3 is 9.32 Å². The fourth-order valence-corrected chi connectivity index (χ4v) is 3.29. The van der Waals surface area contributed by atoms with Crippen LogP contribution in [0.3, 0.4) is 0 Å². The maximum Gasteiger partial charge on any atom is 0.347 e. The monoisotopic (exact) mass is 371 g/mol. The van der Waals surface area contributed by atoms with Crippen LogP contribution in [-0.2, 0) is 0 Å². The highest BCUT2D eigenvalue weighted by molar-refractivity contribution is 5.83. The molecule has 0 N–H and O–H groups in total. The van der Waals surface area contributed by atoms with Gasteiger partial charge in [-0.1, -0.05) is 30.3 Å². The Morgan fingerprint density at radius 1 is 0.893 bits per heavy atom. The molecule has 4 rings (SSSR count). The zero-order valence-corrected chi connectivity index (χ0v) is 15.9. The molecule has 0 atom stereocenters. The lowest BCUT2D eigenvalue weighted by atomic mass is 10.1. The largest absolute Gasteiger partial charge is 0.422 e. The Labute approximate surface area is 163 Å². The lowest BCUT2D eigenvalue weighted by Crippen LogP contribution is -2.21. The van der Waals surface area contributed by atoms with Crippen LogP contribution in [0.25, 0.3) is 33.5 Å². The molecule has 2 aromatic heterocycles. The summed E-state index contributed by atoms with van der Waals surface area (Å²) in [5, 5.41) is 0.848. The number of fused-ring (bicyclic) bond motifs is 1. The van der Waals surface area contributed by atoms with Crippen LogP contribution in [-0.4, -0.2) is 23.1 Å². The highest BCUT2D eigenvalue weighted by Gasteiger charge is 2.12. The van der Waals surface area contributed by atoms with E-state index in [1.54, 1.807) is 18.5 Å². The SMILES string of the molecule is CCN(CC)c1ccc2cc(-c3ncc(-c4ccccc4)cn3)c(=O)oc2c1. The predicted molar refractivity (Wildman–Crippen MR) is 113 cm³/mol. The molecule has 140 valence electrons. The predicted octanol–water partition coefficient (Wildman–Crippen LogP) is 4.76. The number of anilines is 1. The third kappa shape index (κ3) is 3.39. The van der Waals surface area contributed by atoms with Crippen molar-refractivity contribution in [2.75, 3.05) is 18.0 Å². The molecule has 0 fully saturated rings. The average molecular weight is 371 g/mol. The fourth-order valence-electron chi connectivity index (χ4n) is 3.29. The van der Waals surface area contributed by atoms with Crippen molar-refractivity contribution >= 4 is 16.7 Å². The van der Waals surface area contributed by atoms with Gasteiger partial charge in [0, 0.05) is 48.2 Å². The van der Waals surface area contributed by atoms with Crippen molar-refractivity contribution in [1.29, 1.82) is 0 Å². The zero-order chi connectivity index (χ0) is 19.5. The van der Waals surface area contributed by atoms with Gasteiger partial charge in [0.25, 0.3) is 0 Å². The van der Waals surface area contributed by atoms with Crippen molar-refractivity contribution < 1.29 is 4.42 Å². The number of hydrogen-bond donors (Lipinski definition) is 0. The molecule has 0 unspecified atom stereocenters. The molecule has 4 aromatic rings. The minimum atomic E-state index is -0.434. The van der Waals surface area contributed by atoms with Gasteiger partial charge in [-0.05, 0) is 37.6 Å². The molecule has 0 amide bonds. The van der Waals surface area contributed by atoms with Crippen LogP contribution in [0.1, 0.15) is 13.8 Å². The summed E-state index contributed by atoms with van der Waals surface area (Å²) in [6, 6.07) is 17.6. The fraction of sp³-hybridized carbons (Fsp3) is 0.174. The molecule has 0 bridgehead atoms. The van der Waals surface area contributed by atoms with Crippen LogP contribution in [0.15, 0.2) is 76.2 Å². The zero-order valence-electron chi connectivity index (χ0n) is 15.9. The van der Waals surface area contributed by atoms with Crippen molar-refractivity contribution in [3.8, 4) is 22.5 Å². The summed E-state index contributed by atoms with van der Waals surface area (Å²) in [6.45, 7) is 5.99. The Kier molecular flexibility index (Phi) is 4.89. The van der Waals surface area contributed by atoms with E-state index in [2.05, 4.69) is 28.7 Å². The highest BCUT2D eigenvalue weighted by atomic mass is 16.4. The second-order valence-electron chi connectivity index (χ2n) is 6.50. The van der Waals surface area contributed by atoms with Gasteiger partial charge in [-0.15, -0.1) is 0 Å². The molecule has 2 aromatic carbocycles. The minimum absolute atomic E-state index is 0.364. The number of benzene rings is 2. The summed E-state index contributed by atoms with van der Waals surface area (Å²) in [5.74, 6) is 0.364. The molecule has 28 heavy (non-hydrogen) atoms. The molecule has 2 heterocycles. The molecule has 0 aliphatic heterocycles. The lowest BCUT2D eigenvalue weighted by molar-refractivity contribution is 0.562. The quantitative estimate of drug-likeness (QED) is 0.473. The molecule has 0 saturated heterocycles. The van der Waals surface area contributed by atoms with Crippen molar-refractivity contribution in [2.24, 2.45) is 0 Å². The van der Waals surface area contributed by atoms with E-state index >= 15 is 0 Å². The number of hydrogen-bond acceptors (Lipinski definition) is 5. The highest BCUT2D eigenvalue weighted by Crippen LogP contribution is 2.25. The summed E-state index contributed by atoms with van der Waals surface area (Å²) in [6.07, 6.45) is 3.45. The van der Waals surface area contributed by atoms with Crippen LogP contribution in [0.2, 0.25) is 0 Å². The maximum absolute atomic E-state index is 12.5. The van der Waals surface area contributed by atoms with E-state index in [1.807, 2.05) is 48.5 Å². The van der Waals surface area contributed by atoms with Gasteiger partial charge in [-0.3, -0.25) is 0 Å². The van der Waals surface area contributed by atoms with Crippen LogP contribution in [0.5, 0.6) is 0 Å². The summed E-state index contributed by atoms with van der Waals surface area (Å²) in [4.78, 5) is 23.5. The van der Waals surface area contributed by atoms with Crippen LogP contribution in [0.4, 0.5) is 5.69 Å². The summed E-state index contributed by atoms with van der Waals surface area (Å²) < 4.78 is 5.58. The summed E-state index contributed by atoms with van der Waals surface area (Å²) in [7, 11) is 0. The minimum Gasteiger partial charge on any atom is -0.422 e. The van der Waals surface area contributed by atoms with E-state index in [-0.39, 0.29) is 0 Å². The molecule has 0 saturated carbocycles. The topological polar surface area (TPSA) is 59.2 Å². The van der Waals surface area contributed by atoms with Crippen LogP contribution >= 0.6 is 0 Å². The van der Waals surface area contributed by atoms with E-state index in [4.69, 9.17) is 4.42 Å². The second kappa shape index (κ2) is 7.64. The van der Waals surface area contributed by atoms with E-state index in [0.29, 0.717) is 17.0 Å². The van der Waals surface area contributed by atoms with E-state index in [1.165, 1.54) is 0 Å². The first-order valence-electron chi connectivity index (χ1n) is 9.40. The Balaban J connectivity index is 1.72. The molecular weight excluding hydrogens is 350 g/mol. The Bertz CT molecular complexity index is 1150. The number of rotatable bonds is 5. The Morgan fingerprint density at radius 2 is 1.61 bits per heavy atom. The van der Waals surface area contributed by atoms with Gasteiger partial charge >= 0.3 is 5.63 Å². The van der Waals surface area contributed by atoms with Gasteiger partial charge in [0.05, 0.1) is 0 Å².